The van der Waals surface area contributed by atoms with E-state index in [4.69, 9.17) is 5.11 Å². The lowest BCUT2D eigenvalue weighted by Gasteiger charge is -2.33. The quantitative estimate of drug-likeness (QED) is 0.675. The zero-order valence-electron chi connectivity index (χ0n) is 12.9. The van der Waals surface area contributed by atoms with Gasteiger partial charge in [0, 0.05) is 26.1 Å². The van der Waals surface area contributed by atoms with Crippen LogP contribution < -0.4 is 10.6 Å². The zero-order valence-corrected chi connectivity index (χ0v) is 12.9. The Morgan fingerprint density at radius 3 is 2.71 bits per heavy atom. The average Bonchev–Trinajstić information content (AvgIpc) is 2.39. The van der Waals surface area contributed by atoms with Crippen LogP contribution in [0.15, 0.2) is 0 Å². The molecule has 1 unspecified atom stereocenters. The van der Waals surface area contributed by atoms with Crippen LogP contribution in [0.4, 0.5) is 4.79 Å². The molecule has 1 saturated heterocycles. The number of piperazine rings is 1. The molecule has 0 aliphatic carbocycles. The molecule has 0 bridgehead atoms. The molecule has 1 aliphatic rings. The van der Waals surface area contributed by atoms with Gasteiger partial charge < -0.3 is 20.6 Å². The van der Waals surface area contributed by atoms with E-state index < -0.39 is 12.0 Å². The van der Waals surface area contributed by atoms with Crippen LogP contribution in [0.25, 0.3) is 0 Å². The Hall–Kier alpha value is -1.79. The number of amides is 3. The van der Waals surface area contributed by atoms with Crippen molar-refractivity contribution in [1.29, 1.82) is 0 Å². The molecule has 1 fully saturated rings. The highest BCUT2D eigenvalue weighted by atomic mass is 16.4. The first-order chi connectivity index (χ1) is 9.73. The minimum Gasteiger partial charge on any atom is -0.481 e. The summed E-state index contributed by atoms with van der Waals surface area (Å²) in [4.78, 5) is 35.7. The number of carbonyl (C=O) groups excluding carboxylic acids is 2. The molecule has 0 radical (unpaired) electrons. The molecule has 1 rings (SSSR count). The summed E-state index contributed by atoms with van der Waals surface area (Å²) >= 11 is 0. The molecule has 7 heteroatoms. The second-order valence-electron chi connectivity index (χ2n) is 6.20. The Balaban J connectivity index is 2.35. The molecular weight excluding hydrogens is 274 g/mol. The first kappa shape index (κ1) is 17.3. The van der Waals surface area contributed by atoms with E-state index in [2.05, 4.69) is 10.6 Å². The Morgan fingerprint density at radius 1 is 1.43 bits per heavy atom. The number of hydrogen-bond donors (Lipinski definition) is 3. The van der Waals surface area contributed by atoms with Crippen molar-refractivity contribution in [2.75, 3.05) is 19.6 Å². The van der Waals surface area contributed by atoms with Gasteiger partial charge in [-0.25, -0.2) is 4.79 Å². The predicted molar refractivity (Wildman–Crippen MR) is 77.8 cm³/mol. The molecule has 1 heterocycles. The number of nitrogens with one attached hydrogen (secondary N) is 2. The largest absolute Gasteiger partial charge is 0.481 e. The van der Waals surface area contributed by atoms with Gasteiger partial charge in [-0.05, 0) is 25.2 Å². The summed E-state index contributed by atoms with van der Waals surface area (Å²) in [6.07, 6.45) is 1.39. The number of urea groups is 1. The first-order valence-electron chi connectivity index (χ1n) is 7.27. The normalized spacial score (nSPS) is 19.1. The SMILES string of the molecule is CC1C(=O)NCCN1C(=O)NCCC(C)(C)CCC(=O)O. The van der Waals surface area contributed by atoms with Gasteiger partial charge in [0.25, 0.3) is 0 Å². The van der Waals surface area contributed by atoms with Crippen LogP contribution >= 0.6 is 0 Å². The van der Waals surface area contributed by atoms with E-state index in [1.54, 1.807) is 6.92 Å². The van der Waals surface area contributed by atoms with Gasteiger partial charge in [-0.3, -0.25) is 9.59 Å². The fraction of sp³-hybridized carbons (Fsp3) is 0.786. The second-order valence-corrected chi connectivity index (χ2v) is 6.20. The lowest BCUT2D eigenvalue weighted by atomic mass is 9.84. The van der Waals surface area contributed by atoms with Crippen molar-refractivity contribution in [3.63, 3.8) is 0 Å². The summed E-state index contributed by atoms with van der Waals surface area (Å²) in [6, 6.07) is -0.704. The van der Waals surface area contributed by atoms with Gasteiger partial charge in [-0.15, -0.1) is 0 Å². The van der Waals surface area contributed by atoms with Crippen LogP contribution in [-0.4, -0.2) is 53.6 Å². The Bertz CT molecular complexity index is 409. The molecule has 1 aliphatic heterocycles. The van der Waals surface area contributed by atoms with Gasteiger partial charge in [-0.2, -0.15) is 0 Å². The van der Waals surface area contributed by atoms with E-state index in [9.17, 15) is 14.4 Å². The van der Waals surface area contributed by atoms with Crippen LogP contribution in [-0.2, 0) is 9.59 Å². The number of carboxylic acid groups (broad SMARTS) is 1. The van der Waals surface area contributed by atoms with Gasteiger partial charge in [0.05, 0.1) is 0 Å². The molecule has 0 aromatic rings. The number of carbonyl (C=O) groups is 3. The zero-order chi connectivity index (χ0) is 16.0. The molecule has 0 saturated carbocycles. The highest BCUT2D eigenvalue weighted by Crippen LogP contribution is 2.26. The summed E-state index contributed by atoms with van der Waals surface area (Å²) in [6.45, 7) is 7.11. The molecule has 7 nitrogen and oxygen atoms in total. The number of rotatable bonds is 6. The van der Waals surface area contributed by atoms with E-state index in [0.717, 1.165) is 0 Å². The molecule has 0 spiro atoms. The lowest BCUT2D eigenvalue weighted by Crippen LogP contribution is -2.58. The maximum atomic E-state index is 12.0. The number of nitrogens with zero attached hydrogens (tertiary/aromatic N) is 1. The summed E-state index contributed by atoms with van der Waals surface area (Å²) in [5.74, 6) is -0.946. The van der Waals surface area contributed by atoms with Crippen molar-refractivity contribution in [2.45, 2.75) is 46.1 Å². The fourth-order valence-electron chi connectivity index (χ4n) is 2.24. The Kier molecular flexibility index (Phi) is 5.99. The van der Waals surface area contributed by atoms with Gasteiger partial charge >= 0.3 is 12.0 Å². The van der Waals surface area contributed by atoms with Crippen molar-refractivity contribution in [2.24, 2.45) is 5.41 Å². The molecule has 3 N–H and O–H groups in total. The summed E-state index contributed by atoms with van der Waals surface area (Å²) < 4.78 is 0. The van der Waals surface area contributed by atoms with E-state index in [1.807, 2.05) is 13.8 Å². The summed E-state index contributed by atoms with van der Waals surface area (Å²) in [5, 5.41) is 14.2. The predicted octanol–water partition coefficient (Wildman–Crippen LogP) is 0.797. The third kappa shape index (κ3) is 5.61. The van der Waals surface area contributed by atoms with E-state index in [1.165, 1.54) is 4.90 Å². The minimum absolute atomic E-state index is 0.129. The van der Waals surface area contributed by atoms with E-state index >= 15 is 0 Å². The van der Waals surface area contributed by atoms with Crippen molar-refractivity contribution < 1.29 is 19.5 Å². The molecule has 120 valence electrons. The molecule has 1 atom stereocenters. The number of carboxylic acids is 1. The number of aliphatic carboxylic acids is 1. The van der Waals surface area contributed by atoms with Crippen LogP contribution in [0.1, 0.15) is 40.0 Å². The molecule has 0 aromatic carbocycles. The average molecular weight is 299 g/mol. The van der Waals surface area contributed by atoms with Crippen LogP contribution in [0, 0.1) is 5.41 Å². The standard InChI is InChI=1S/C14H25N3O4/c1-10-12(20)15-8-9-17(10)13(21)16-7-6-14(2,3)5-4-11(18)19/h10H,4-9H2,1-3H3,(H,15,20)(H,16,21)(H,18,19). The van der Waals surface area contributed by atoms with Crippen LogP contribution in [0.2, 0.25) is 0 Å². The van der Waals surface area contributed by atoms with E-state index in [0.29, 0.717) is 32.5 Å². The summed E-state index contributed by atoms with van der Waals surface area (Å²) in [5.41, 5.74) is -0.142. The van der Waals surface area contributed by atoms with Crippen LogP contribution in [0.5, 0.6) is 0 Å². The first-order valence-corrected chi connectivity index (χ1v) is 7.27. The minimum atomic E-state index is -0.805. The highest BCUT2D eigenvalue weighted by molar-refractivity contribution is 5.87. The monoisotopic (exact) mass is 299 g/mol. The molecule has 0 aromatic heterocycles. The Morgan fingerprint density at radius 2 is 2.10 bits per heavy atom. The van der Waals surface area contributed by atoms with Crippen LogP contribution in [0.3, 0.4) is 0 Å². The van der Waals surface area contributed by atoms with Gasteiger partial charge in [0.1, 0.15) is 6.04 Å². The third-order valence-electron chi connectivity index (χ3n) is 3.85. The van der Waals surface area contributed by atoms with Crippen molar-refractivity contribution >= 4 is 17.9 Å². The lowest BCUT2D eigenvalue weighted by molar-refractivity contribution is -0.137. The maximum absolute atomic E-state index is 12.0. The van der Waals surface area contributed by atoms with Gasteiger partial charge in [0.15, 0.2) is 0 Å². The molecule has 3 amide bonds. The van der Waals surface area contributed by atoms with Crippen molar-refractivity contribution in [1.82, 2.24) is 15.5 Å². The van der Waals surface area contributed by atoms with E-state index in [-0.39, 0.29) is 23.8 Å². The molecule has 21 heavy (non-hydrogen) atoms. The van der Waals surface area contributed by atoms with Crippen molar-refractivity contribution in [3.05, 3.63) is 0 Å². The topological polar surface area (TPSA) is 98.7 Å². The molecular formula is C14H25N3O4. The Labute approximate surface area is 125 Å². The van der Waals surface area contributed by atoms with Gasteiger partial charge in [-0.1, -0.05) is 13.8 Å². The smallest absolute Gasteiger partial charge is 0.318 e. The summed E-state index contributed by atoms with van der Waals surface area (Å²) in [7, 11) is 0. The van der Waals surface area contributed by atoms with Gasteiger partial charge in [0.2, 0.25) is 5.91 Å². The maximum Gasteiger partial charge on any atom is 0.318 e. The fourth-order valence-corrected chi connectivity index (χ4v) is 2.24. The third-order valence-corrected chi connectivity index (χ3v) is 3.85. The second kappa shape index (κ2) is 7.28. The number of hydrogen-bond acceptors (Lipinski definition) is 3. The highest BCUT2D eigenvalue weighted by Gasteiger charge is 2.29. The van der Waals surface area contributed by atoms with Crippen molar-refractivity contribution in [3.8, 4) is 0 Å².